The zero-order valence-electron chi connectivity index (χ0n) is 24.4. The van der Waals surface area contributed by atoms with E-state index in [1.54, 1.807) is 0 Å². The van der Waals surface area contributed by atoms with Crippen LogP contribution in [-0.4, -0.2) is 15.0 Å². The average molecular weight is 590 g/mol. The highest BCUT2D eigenvalue weighted by atomic mass is 16.3. The number of benzene rings is 7. The number of hydrogen-bond acceptors (Lipinski definition) is 5. The molecule has 7 aromatic carbocycles. The molecule has 0 amide bonds. The Bertz CT molecular complexity index is 2830. The number of hydrogen-bond donors (Lipinski definition) is 0. The first kappa shape index (κ1) is 25.0. The predicted octanol–water partition coefficient (Wildman–Crippen LogP) is 11.0. The van der Waals surface area contributed by atoms with Crippen molar-refractivity contribution in [2.24, 2.45) is 0 Å². The van der Waals surface area contributed by atoms with Crippen LogP contribution in [0, 0.1) is 0 Å². The number of rotatable bonds is 3. The fraction of sp³-hybridized carbons (Fsp3) is 0. The fourth-order valence-corrected chi connectivity index (χ4v) is 6.82. The summed E-state index contributed by atoms with van der Waals surface area (Å²) in [6.07, 6.45) is 0. The van der Waals surface area contributed by atoms with Crippen LogP contribution in [-0.2, 0) is 0 Å². The molecule has 0 unspecified atom stereocenters. The van der Waals surface area contributed by atoms with Gasteiger partial charge in [-0.1, -0.05) is 109 Å². The van der Waals surface area contributed by atoms with Gasteiger partial charge in [0.05, 0.1) is 0 Å². The zero-order valence-corrected chi connectivity index (χ0v) is 24.4. The molecule has 0 fully saturated rings. The maximum Gasteiger partial charge on any atom is 0.164 e. The quantitative estimate of drug-likeness (QED) is 0.192. The summed E-state index contributed by atoms with van der Waals surface area (Å²) in [6, 6.07) is 47.5. The largest absolute Gasteiger partial charge is 0.456 e. The van der Waals surface area contributed by atoms with Gasteiger partial charge in [0.1, 0.15) is 22.3 Å². The second-order valence-electron chi connectivity index (χ2n) is 11.6. The van der Waals surface area contributed by atoms with Gasteiger partial charge in [-0.25, -0.2) is 15.0 Å². The molecule has 0 N–H and O–H groups in total. The smallest absolute Gasteiger partial charge is 0.164 e. The first-order chi connectivity index (χ1) is 22.8. The van der Waals surface area contributed by atoms with Crippen LogP contribution >= 0.6 is 0 Å². The molecular formula is C41H23N3O2. The molecule has 0 bridgehead atoms. The van der Waals surface area contributed by atoms with Gasteiger partial charge >= 0.3 is 0 Å². The third kappa shape index (κ3) is 3.72. The van der Waals surface area contributed by atoms with Crippen molar-refractivity contribution in [2.75, 3.05) is 0 Å². The highest BCUT2D eigenvalue weighted by molar-refractivity contribution is 6.14. The minimum atomic E-state index is 0.574. The summed E-state index contributed by atoms with van der Waals surface area (Å²) < 4.78 is 12.5. The molecule has 5 nitrogen and oxygen atoms in total. The van der Waals surface area contributed by atoms with Crippen LogP contribution in [0.4, 0.5) is 0 Å². The Labute approximate surface area is 262 Å². The Morgan fingerprint density at radius 1 is 0.348 bits per heavy atom. The zero-order chi connectivity index (χ0) is 30.2. The van der Waals surface area contributed by atoms with Gasteiger partial charge in [0.15, 0.2) is 17.5 Å². The van der Waals surface area contributed by atoms with Crippen molar-refractivity contribution in [3.05, 3.63) is 140 Å². The molecule has 0 aliphatic rings. The van der Waals surface area contributed by atoms with E-state index in [1.165, 1.54) is 5.39 Å². The van der Waals surface area contributed by atoms with E-state index < -0.39 is 0 Å². The van der Waals surface area contributed by atoms with Gasteiger partial charge in [0.2, 0.25) is 0 Å². The topological polar surface area (TPSA) is 65.0 Å². The molecular weight excluding hydrogens is 566 g/mol. The van der Waals surface area contributed by atoms with Crippen LogP contribution in [0.15, 0.2) is 148 Å². The van der Waals surface area contributed by atoms with Crippen molar-refractivity contribution in [1.82, 2.24) is 15.0 Å². The van der Waals surface area contributed by atoms with Crippen molar-refractivity contribution in [3.8, 4) is 34.2 Å². The van der Waals surface area contributed by atoms with Gasteiger partial charge < -0.3 is 8.83 Å². The van der Waals surface area contributed by atoms with Gasteiger partial charge in [-0.2, -0.15) is 0 Å². The van der Waals surface area contributed by atoms with Gasteiger partial charge in [-0.3, -0.25) is 0 Å². The number of nitrogens with zero attached hydrogens (tertiary/aromatic N) is 3. The highest BCUT2D eigenvalue weighted by Crippen LogP contribution is 2.39. The molecule has 3 heterocycles. The van der Waals surface area contributed by atoms with E-state index in [0.717, 1.165) is 76.7 Å². The molecule has 10 aromatic rings. The summed E-state index contributed by atoms with van der Waals surface area (Å²) in [5, 5.41) is 8.72. The molecule has 0 aliphatic carbocycles. The standard InChI is InChI=1S/C41H23N3O2/c1-2-11-27-24(9-1)19-20-25-10-7-14-31(37(25)27)40-42-39(26-21-22-29-28-12-3-5-16-33(28)46-36(29)23-26)43-41(44-40)32-15-8-18-35-38(32)30-13-4-6-17-34(30)45-35/h1-23H. The first-order valence-corrected chi connectivity index (χ1v) is 15.3. The Morgan fingerprint density at radius 3 is 1.76 bits per heavy atom. The summed E-state index contributed by atoms with van der Waals surface area (Å²) in [5.74, 6) is 1.76. The third-order valence-electron chi connectivity index (χ3n) is 8.93. The number of para-hydroxylation sites is 2. The van der Waals surface area contributed by atoms with Gasteiger partial charge in [-0.15, -0.1) is 0 Å². The maximum atomic E-state index is 6.26. The summed E-state index contributed by atoms with van der Waals surface area (Å²) >= 11 is 0. The molecule has 0 aliphatic heterocycles. The van der Waals surface area contributed by atoms with Crippen molar-refractivity contribution in [3.63, 3.8) is 0 Å². The summed E-state index contributed by atoms with van der Waals surface area (Å²) in [5.41, 5.74) is 5.97. The molecule has 0 radical (unpaired) electrons. The van der Waals surface area contributed by atoms with Crippen LogP contribution < -0.4 is 0 Å². The first-order valence-electron chi connectivity index (χ1n) is 15.3. The molecule has 0 atom stereocenters. The maximum absolute atomic E-state index is 6.26. The molecule has 0 spiro atoms. The second-order valence-corrected chi connectivity index (χ2v) is 11.6. The van der Waals surface area contributed by atoms with E-state index in [4.69, 9.17) is 23.8 Å². The van der Waals surface area contributed by atoms with E-state index in [0.29, 0.717) is 17.5 Å². The van der Waals surface area contributed by atoms with E-state index in [9.17, 15) is 0 Å². The molecule has 214 valence electrons. The predicted molar refractivity (Wildman–Crippen MR) is 186 cm³/mol. The van der Waals surface area contributed by atoms with Crippen molar-refractivity contribution < 1.29 is 8.83 Å². The number of aromatic nitrogens is 3. The summed E-state index contributed by atoms with van der Waals surface area (Å²) in [4.78, 5) is 15.5. The van der Waals surface area contributed by atoms with Crippen LogP contribution in [0.3, 0.4) is 0 Å². The van der Waals surface area contributed by atoms with Crippen LogP contribution in [0.25, 0.3) is 99.6 Å². The lowest BCUT2D eigenvalue weighted by Crippen LogP contribution is -2.01. The lowest BCUT2D eigenvalue weighted by molar-refractivity contribution is 0.668. The molecule has 10 rings (SSSR count). The minimum Gasteiger partial charge on any atom is -0.456 e. The van der Waals surface area contributed by atoms with Crippen molar-refractivity contribution in [2.45, 2.75) is 0 Å². The average Bonchev–Trinajstić information content (AvgIpc) is 3.69. The summed E-state index contributed by atoms with van der Waals surface area (Å²) in [6.45, 7) is 0. The Morgan fingerprint density at radius 2 is 0.913 bits per heavy atom. The molecule has 5 heteroatoms. The van der Waals surface area contributed by atoms with Crippen LogP contribution in [0.1, 0.15) is 0 Å². The molecule has 3 aromatic heterocycles. The Hall–Kier alpha value is -6.33. The number of fused-ring (bicyclic) bond motifs is 9. The van der Waals surface area contributed by atoms with Crippen molar-refractivity contribution >= 4 is 65.4 Å². The van der Waals surface area contributed by atoms with E-state index in [2.05, 4.69) is 84.9 Å². The summed E-state index contributed by atoms with van der Waals surface area (Å²) in [7, 11) is 0. The second kappa shape index (κ2) is 9.58. The minimum absolute atomic E-state index is 0.574. The van der Waals surface area contributed by atoms with Gasteiger partial charge in [0.25, 0.3) is 0 Å². The van der Waals surface area contributed by atoms with E-state index >= 15 is 0 Å². The Balaban J connectivity index is 1.28. The van der Waals surface area contributed by atoms with Gasteiger partial charge in [0, 0.05) is 43.6 Å². The Kier molecular flexibility index (Phi) is 5.22. The lowest BCUT2D eigenvalue weighted by Gasteiger charge is -2.12. The monoisotopic (exact) mass is 589 g/mol. The lowest BCUT2D eigenvalue weighted by atomic mass is 9.97. The normalized spacial score (nSPS) is 11.9. The third-order valence-corrected chi connectivity index (χ3v) is 8.93. The van der Waals surface area contributed by atoms with Crippen LogP contribution in [0.5, 0.6) is 0 Å². The highest BCUT2D eigenvalue weighted by Gasteiger charge is 2.20. The van der Waals surface area contributed by atoms with E-state index in [1.807, 2.05) is 54.6 Å². The fourth-order valence-electron chi connectivity index (χ4n) is 6.82. The SMILES string of the molecule is c1ccc2c(c1)ccc1cccc(-c3nc(-c4ccc5c(c4)oc4ccccc45)nc(-c4cccc5oc6ccccc6c45)n3)c12. The van der Waals surface area contributed by atoms with Crippen molar-refractivity contribution in [1.29, 1.82) is 0 Å². The van der Waals surface area contributed by atoms with E-state index in [-0.39, 0.29) is 0 Å². The van der Waals surface area contributed by atoms with Crippen LogP contribution in [0.2, 0.25) is 0 Å². The molecule has 0 saturated carbocycles. The number of furan rings is 2. The molecule has 46 heavy (non-hydrogen) atoms. The molecule has 0 saturated heterocycles. The van der Waals surface area contributed by atoms with Gasteiger partial charge in [-0.05, 0) is 46.5 Å².